The Kier molecular flexibility index (Phi) is 6.81. The van der Waals surface area contributed by atoms with Crippen molar-refractivity contribution in [3.05, 3.63) is 59.1 Å². The number of hydrogen-bond acceptors (Lipinski definition) is 4. The molecule has 0 aromatic heterocycles. The second-order valence-corrected chi connectivity index (χ2v) is 7.43. The van der Waals surface area contributed by atoms with Crippen LogP contribution in [-0.4, -0.2) is 34.5 Å². The highest BCUT2D eigenvalue weighted by Gasteiger charge is 2.13. The zero-order chi connectivity index (χ0) is 18.3. The fourth-order valence-corrected chi connectivity index (χ4v) is 3.23. The van der Waals surface area contributed by atoms with Gasteiger partial charge in [-0.15, -0.1) is 0 Å². The molecule has 0 bridgehead atoms. The van der Waals surface area contributed by atoms with Crippen LogP contribution in [0.25, 0.3) is 0 Å². The van der Waals surface area contributed by atoms with E-state index in [1.165, 1.54) is 19.2 Å². The van der Waals surface area contributed by atoms with Crippen LogP contribution < -0.4 is 14.8 Å². The number of carbonyl (C=O) groups is 1. The first-order valence-electron chi connectivity index (χ1n) is 7.55. The highest BCUT2D eigenvalue weighted by atomic mass is 35.5. The topological polar surface area (TPSA) is 84.5 Å². The fraction of sp³-hybridized carbons (Fsp3) is 0.235. The lowest BCUT2D eigenvalue weighted by Gasteiger charge is -2.09. The van der Waals surface area contributed by atoms with E-state index < -0.39 is 10.0 Å². The molecule has 0 heterocycles. The summed E-state index contributed by atoms with van der Waals surface area (Å²) in [4.78, 5) is 12.0. The quantitative estimate of drug-likeness (QED) is 0.684. The first-order valence-corrected chi connectivity index (χ1v) is 9.42. The Hall–Kier alpha value is -2.09. The molecule has 134 valence electrons. The molecule has 0 unspecified atom stereocenters. The van der Waals surface area contributed by atoms with Crippen LogP contribution in [0.2, 0.25) is 5.02 Å². The van der Waals surface area contributed by atoms with Crippen molar-refractivity contribution in [2.45, 2.75) is 11.3 Å². The predicted molar refractivity (Wildman–Crippen MR) is 96.3 cm³/mol. The number of rotatable bonds is 8. The summed E-state index contributed by atoms with van der Waals surface area (Å²) in [6, 6.07) is 13.0. The summed E-state index contributed by atoms with van der Waals surface area (Å²) in [6.45, 7) is 0.294. The number of nitrogens with one attached hydrogen (secondary N) is 2. The maximum absolute atomic E-state index is 12.1. The Morgan fingerprint density at radius 1 is 1.04 bits per heavy atom. The number of halogens is 1. The molecule has 6 nitrogen and oxygen atoms in total. The third-order valence-corrected chi connectivity index (χ3v) is 5.12. The van der Waals surface area contributed by atoms with Crippen LogP contribution >= 0.6 is 11.6 Å². The Bertz CT molecular complexity index is 806. The summed E-state index contributed by atoms with van der Waals surface area (Å²) in [7, 11) is -2.11. The molecule has 0 spiro atoms. The van der Waals surface area contributed by atoms with Crippen LogP contribution in [0.5, 0.6) is 5.75 Å². The summed E-state index contributed by atoms with van der Waals surface area (Å²) in [5, 5.41) is 3.28. The van der Waals surface area contributed by atoms with E-state index in [9.17, 15) is 13.2 Å². The van der Waals surface area contributed by atoms with Crippen LogP contribution in [0.15, 0.2) is 53.4 Å². The average Bonchev–Trinajstić information content (AvgIpc) is 2.61. The minimum Gasteiger partial charge on any atom is -0.497 e. The summed E-state index contributed by atoms with van der Waals surface area (Å²) in [5.41, 5.74) is 0.834. The van der Waals surface area contributed by atoms with E-state index in [0.717, 1.165) is 5.56 Å². The molecular formula is C17H19ClN2O4S. The number of sulfonamides is 1. The van der Waals surface area contributed by atoms with Gasteiger partial charge in [0.1, 0.15) is 5.75 Å². The molecule has 8 heteroatoms. The van der Waals surface area contributed by atoms with Crippen molar-refractivity contribution in [2.75, 3.05) is 20.2 Å². The molecule has 0 saturated heterocycles. The maximum atomic E-state index is 12.1. The third-order valence-electron chi connectivity index (χ3n) is 3.39. The van der Waals surface area contributed by atoms with Gasteiger partial charge >= 0.3 is 0 Å². The molecule has 0 aliphatic heterocycles. The lowest BCUT2D eigenvalue weighted by atomic mass is 10.1. The van der Waals surface area contributed by atoms with Gasteiger partial charge in [-0.05, 0) is 42.0 Å². The van der Waals surface area contributed by atoms with E-state index in [2.05, 4.69) is 10.0 Å². The van der Waals surface area contributed by atoms with Crippen molar-refractivity contribution >= 4 is 27.5 Å². The normalized spacial score (nSPS) is 11.1. The molecule has 0 atom stereocenters. The molecule has 1 amide bonds. The minimum atomic E-state index is -3.62. The van der Waals surface area contributed by atoms with Crippen molar-refractivity contribution in [1.29, 1.82) is 0 Å². The van der Waals surface area contributed by atoms with Crippen molar-refractivity contribution in [1.82, 2.24) is 10.0 Å². The predicted octanol–water partition coefficient (Wildman–Crippen LogP) is 1.99. The zero-order valence-electron chi connectivity index (χ0n) is 13.7. The molecule has 0 aliphatic carbocycles. The average molecular weight is 383 g/mol. The fourth-order valence-electron chi connectivity index (χ4n) is 2.08. The molecule has 0 saturated carbocycles. The Morgan fingerprint density at radius 3 is 2.28 bits per heavy atom. The van der Waals surface area contributed by atoms with Gasteiger partial charge < -0.3 is 10.1 Å². The molecule has 2 N–H and O–H groups in total. The maximum Gasteiger partial charge on any atom is 0.240 e. The van der Waals surface area contributed by atoms with Crippen molar-refractivity contribution < 1.29 is 17.9 Å². The Balaban J connectivity index is 1.77. The molecule has 0 radical (unpaired) electrons. The van der Waals surface area contributed by atoms with Gasteiger partial charge in [0, 0.05) is 18.1 Å². The van der Waals surface area contributed by atoms with E-state index in [1.54, 1.807) is 36.4 Å². The van der Waals surface area contributed by atoms with Gasteiger partial charge in [0.25, 0.3) is 0 Å². The van der Waals surface area contributed by atoms with Crippen molar-refractivity contribution in [3.8, 4) is 5.75 Å². The Labute approximate surface area is 152 Å². The summed E-state index contributed by atoms with van der Waals surface area (Å²) >= 11 is 5.79. The van der Waals surface area contributed by atoms with E-state index in [1.807, 2.05) is 0 Å². The second kappa shape index (κ2) is 8.84. The Morgan fingerprint density at radius 2 is 1.68 bits per heavy atom. The SMILES string of the molecule is COc1ccc(S(=O)(=O)NCCNC(=O)Cc2ccc(Cl)cc2)cc1. The molecule has 0 aliphatic rings. The molecule has 2 rings (SSSR count). The number of methoxy groups -OCH3 is 1. The van der Waals surface area contributed by atoms with Gasteiger partial charge in [-0.2, -0.15) is 0 Å². The van der Waals surface area contributed by atoms with Crippen LogP contribution in [0.4, 0.5) is 0 Å². The smallest absolute Gasteiger partial charge is 0.240 e. The number of amides is 1. The van der Waals surface area contributed by atoms with E-state index in [-0.39, 0.29) is 30.3 Å². The van der Waals surface area contributed by atoms with Gasteiger partial charge in [0.05, 0.1) is 18.4 Å². The van der Waals surface area contributed by atoms with Crippen LogP contribution in [0, 0.1) is 0 Å². The number of benzene rings is 2. The van der Waals surface area contributed by atoms with E-state index in [4.69, 9.17) is 16.3 Å². The van der Waals surface area contributed by atoms with Crippen LogP contribution in [0.1, 0.15) is 5.56 Å². The first kappa shape index (κ1) is 19.2. The second-order valence-electron chi connectivity index (χ2n) is 5.23. The lowest BCUT2D eigenvalue weighted by molar-refractivity contribution is -0.120. The monoisotopic (exact) mass is 382 g/mol. The van der Waals surface area contributed by atoms with Crippen molar-refractivity contribution in [2.24, 2.45) is 0 Å². The van der Waals surface area contributed by atoms with Gasteiger partial charge in [-0.25, -0.2) is 13.1 Å². The van der Waals surface area contributed by atoms with Gasteiger partial charge in [-0.3, -0.25) is 4.79 Å². The highest BCUT2D eigenvalue weighted by molar-refractivity contribution is 7.89. The standard InChI is InChI=1S/C17H19ClN2O4S/c1-24-15-6-8-16(9-7-15)25(22,23)20-11-10-19-17(21)12-13-2-4-14(18)5-3-13/h2-9,20H,10-12H2,1H3,(H,19,21). The molecule has 25 heavy (non-hydrogen) atoms. The lowest BCUT2D eigenvalue weighted by Crippen LogP contribution is -2.35. The van der Waals surface area contributed by atoms with E-state index in [0.29, 0.717) is 10.8 Å². The minimum absolute atomic E-state index is 0.0979. The first-order chi connectivity index (χ1) is 11.9. The number of carbonyl (C=O) groups excluding carboxylic acids is 1. The number of ether oxygens (including phenoxy) is 1. The highest BCUT2D eigenvalue weighted by Crippen LogP contribution is 2.15. The summed E-state index contributed by atoms with van der Waals surface area (Å²) in [5.74, 6) is 0.388. The zero-order valence-corrected chi connectivity index (χ0v) is 15.2. The van der Waals surface area contributed by atoms with Crippen LogP contribution in [0.3, 0.4) is 0 Å². The van der Waals surface area contributed by atoms with Gasteiger partial charge in [-0.1, -0.05) is 23.7 Å². The summed E-state index contributed by atoms with van der Waals surface area (Å²) < 4.78 is 31.7. The third kappa shape index (κ3) is 6.04. The van der Waals surface area contributed by atoms with Gasteiger partial charge in [0.15, 0.2) is 0 Å². The summed E-state index contributed by atoms with van der Waals surface area (Å²) in [6.07, 6.45) is 0.211. The largest absolute Gasteiger partial charge is 0.497 e. The molecular weight excluding hydrogens is 364 g/mol. The molecule has 2 aromatic carbocycles. The van der Waals surface area contributed by atoms with Crippen molar-refractivity contribution in [3.63, 3.8) is 0 Å². The van der Waals surface area contributed by atoms with Crippen LogP contribution in [-0.2, 0) is 21.2 Å². The molecule has 2 aromatic rings. The van der Waals surface area contributed by atoms with E-state index >= 15 is 0 Å². The number of hydrogen-bond donors (Lipinski definition) is 2. The molecule has 0 fully saturated rings. The van der Waals surface area contributed by atoms with Gasteiger partial charge in [0.2, 0.25) is 15.9 Å².